The summed E-state index contributed by atoms with van der Waals surface area (Å²) in [5.41, 5.74) is 2.60. The highest BCUT2D eigenvalue weighted by molar-refractivity contribution is 7.90. The van der Waals surface area contributed by atoms with Gasteiger partial charge in [-0.2, -0.15) is 0 Å². The Kier molecular flexibility index (Phi) is 7.90. The molecule has 1 heterocycles. The van der Waals surface area contributed by atoms with E-state index in [-0.39, 0.29) is 23.3 Å². The average Bonchev–Trinajstić information content (AvgIpc) is 3.00. The number of amidine groups is 1. The molecule has 2 aromatic carbocycles. The molecule has 1 aliphatic rings. The van der Waals surface area contributed by atoms with E-state index < -0.39 is 10.0 Å². The minimum atomic E-state index is -3.70. The highest BCUT2D eigenvalue weighted by Gasteiger charge is 2.17. The van der Waals surface area contributed by atoms with Crippen LogP contribution in [0.4, 0.5) is 5.69 Å². The summed E-state index contributed by atoms with van der Waals surface area (Å²) in [7, 11) is -3.70. The summed E-state index contributed by atoms with van der Waals surface area (Å²) in [4.78, 5) is 16.8. The molecule has 1 amide bonds. The third-order valence-electron chi connectivity index (χ3n) is 5.22. The van der Waals surface area contributed by atoms with Crippen LogP contribution in [-0.2, 0) is 14.8 Å². The van der Waals surface area contributed by atoms with Crippen LogP contribution >= 0.6 is 0 Å². The molecule has 0 aromatic heterocycles. The fourth-order valence-electron chi connectivity index (χ4n) is 3.47. The normalized spacial score (nSPS) is 14.4. The van der Waals surface area contributed by atoms with Crippen LogP contribution in [0.15, 0.2) is 52.4 Å². The van der Waals surface area contributed by atoms with Gasteiger partial charge >= 0.3 is 0 Å². The Labute approximate surface area is 190 Å². The zero-order valence-electron chi connectivity index (χ0n) is 18.8. The van der Waals surface area contributed by atoms with E-state index in [1.807, 2.05) is 25.1 Å². The molecule has 0 atom stereocenters. The number of carbonyl (C=O) groups is 1. The summed E-state index contributed by atoms with van der Waals surface area (Å²) < 4.78 is 33.6. The van der Waals surface area contributed by atoms with Crippen LogP contribution in [0.25, 0.3) is 0 Å². The number of sulfonamides is 1. The number of hydrogen-bond donors (Lipinski definition) is 2. The summed E-state index contributed by atoms with van der Waals surface area (Å²) in [6, 6.07) is 12.0. The number of aliphatic imine (C=N–C) groups is 1. The van der Waals surface area contributed by atoms with E-state index in [1.165, 1.54) is 12.1 Å². The fourth-order valence-corrected chi connectivity index (χ4v) is 4.56. The second-order valence-corrected chi connectivity index (χ2v) is 9.98. The molecule has 0 radical (unpaired) electrons. The van der Waals surface area contributed by atoms with Crippen LogP contribution in [0, 0.1) is 6.92 Å². The minimum absolute atomic E-state index is 0.125. The van der Waals surface area contributed by atoms with Crippen molar-refractivity contribution < 1.29 is 17.9 Å². The molecule has 32 heavy (non-hydrogen) atoms. The third-order valence-corrected chi connectivity index (χ3v) is 6.62. The Morgan fingerprint density at radius 1 is 1.09 bits per heavy atom. The summed E-state index contributed by atoms with van der Waals surface area (Å²) in [6.45, 7) is 6.63. The zero-order valence-corrected chi connectivity index (χ0v) is 19.7. The van der Waals surface area contributed by atoms with Gasteiger partial charge in [-0.3, -0.25) is 14.5 Å². The monoisotopic (exact) mass is 457 g/mol. The van der Waals surface area contributed by atoms with Gasteiger partial charge in [0.1, 0.15) is 11.6 Å². The number of nitrogens with one attached hydrogen (secondary N) is 2. The number of ether oxygens (including phenoxy) is 1. The fraction of sp³-hybridized carbons (Fsp3) is 0.417. The van der Waals surface area contributed by atoms with E-state index in [9.17, 15) is 13.2 Å². The quantitative estimate of drug-likeness (QED) is 0.644. The van der Waals surface area contributed by atoms with Gasteiger partial charge in [0.2, 0.25) is 0 Å². The first-order chi connectivity index (χ1) is 15.2. The number of rotatable bonds is 7. The van der Waals surface area contributed by atoms with Crippen molar-refractivity contribution >= 4 is 27.5 Å². The molecular formula is C24H31N3O4S. The van der Waals surface area contributed by atoms with Gasteiger partial charge in [-0.1, -0.05) is 32.4 Å². The molecule has 0 saturated heterocycles. The van der Waals surface area contributed by atoms with E-state index in [0.717, 1.165) is 30.4 Å². The molecule has 0 saturated carbocycles. The molecule has 2 aromatic rings. The number of carbonyl (C=O) groups excluding carboxylic acids is 1. The van der Waals surface area contributed by atoms with Gasteiger partial charge in [0.05, 0.1) is 4.90 Å². The molecule has 0 spiro atoms. The standard InChI is InChI=1S/C24H31N3O4S/c1-17(2)21-13-8-18(3)15-22(21)31-16-24(28)26-19-9-11-20(12-10-19)32(29,30)27-23-7-5-4-6-14-25-23/h8-13,15,17H,4-7,14,16H2,1-3H3,(H,25,27)(H,26,28). The first kappa shape index (κ1) is 23.8. The Balaban J connectivity index is 1.59. The van der Waals surface area contributed by atoms with Crippen molar-refractivity contribution in [2.45, 2.75) is 57.3 Å². The number of aryl methyl sites for hydroxylation is 1. The summed E-state index contributed by atoms with van der Waals surface area (Å²) >= 11 is 0. The predicted octanol–water partition coefficient (Wildman–Crippen LogP) is 4.39. The molecule has 8 heteroatoms. The number of benzene rings is 2. The lowest BCUT2D eigenvalue weighted by atomic mass is 10.0. The molecule has 2 N–H and O–H groups in total. The average molecular weight is 458 g/mol. The van der Waals surface area contributed by atoms with Gasteiger partial charge in [0, 0.05) is 18.7 Å². The second kappa shape index (κ2) is 10.6. The highest BCUT2D eigenvalue weighted by Crippen LogP contribution is 2.27. The zero-order chi connectivity index (χ0) is 23.1. The van der Waals surface area contributed by atoms with Crippen LogP contribution in [0.2, 0.25) is 0 Å². The topological polar surface area (TPSA) is 96.9 Å². The van der Waals surface area contributed by atoms with Gasteiger partial charge in [0.25, 0.3) is 15.9 Å². The number of amides is 1. The Bertz CT molecular complexity index is 1080. The van der Waals surface area contributed by atoms with Crippen molar-refractivity contribution in [3.05, 3.63) is 53.6 Å². The molecule has 7 nitrogen and oxygen atoms in total. The molecule has 0 bridgehead atoms. The molecule has 1 aliphatic heterocycles. The van der Waals surface area contributed by atoms with Gasteiger partial charge in [-0.05, 0) is 67.1 Å². The number of hydrogen-bond acceptors (Lipinski definition) is 5. The Morgan fingerprint density at radius 2 is 1.84 bits per heavy atom. The van der Waals surface area contributed by atoms with Crippen molar-refractivity contribution in [1.29, 1.82) is 0 Å². The van der Waals surface area contributed by atoms with E-state index in [4.69, 9.17) is 4.74 Å². The lowest BCUT2D eigenvalue weighted by Crippen LogP contribution is -2.30. The van der Waals surface area contributed by atoms with E-state index in [2.05, 4.69) is 28.9 Å². The lowest BCUT2D eigenvalue weighted by Gasteiger charge is -2.15. The van der Waals surface area contributed by atoms with Crippen molar-refractivity contribution in [3.8, 4) is 5.75 Å². The van der Waals surface area contributed by atoms with Gasteiger partial charge < -0.3 is 10.1 Å². The number of anilines is 1. The largest absolute Gasteiger partial charge is 0.483 e. The van der Waals surface area contributed by atoms with Crippen molar-refractivity contribution in [3.63, 3.8) is 0 Å². The number of nitrogens with zero attached hydrogens (tertiary/aromatic N) is 1. The molecule has 0 aliphatic carbocycles. The summed E-state index contributed by atoms with van der Waals surface area (Å²) in [5, 5.41) is 2.74. The maximum Gasteiger partial charge on any atom is 0.262 e. The lowest BCUT2D eigenvalue weighted by molar-refractivity contribution is -0.118. The van der Waals surface area contributed by atoms with Crippen LogP contribution in [0.5, 0.6) is 5.75 Å². The smallest absolute Gasteiger partial charge is 0.262 e. The highest BCUT2D eigenvalue weighted by atomic mass is 32.2. The van der Waals surface area contributed by atoms with Crippen LogP contribution in [0.3, 0.4) is 0 Å². The first-order valence-corrected chi connectivity index (χ1v) is 12.4. The first-order valence-electron chi connectivity index (χ1n) is 10.9. The van der Waals surface area contributed by atoms with E-state index in [0.29, 0.717) is 30.2 Å². The van der Waals surface area contributed by atoms with E-state index >= 15 is 0 Å². The Morgan fingerprint density at radius 3 is 2.56 bits per heavy atom. The third kappa shape index (κ3) is 6.56. The Hall–Kier alpha value is -2.87. The molecular weight excluding hydrogens is 426 g/mol. The SMILES string of the molecule is Cc1ccc(C(C)C)c(OCC(=O)Nc2ccc(S(=O)(=O)NC3=NCCCCC3)cc2)c1. The molecule has 0 fully saturated rings. The predicted molar refractivity (Wildman–Crippen MR) is 127 cm³/mol. The summed E-state index contributed by atoms with van der Waals surface area (Å²) in [5.74, 6) is 1.17. The van der Waals surface area contributed by atoms with Crippen molar-refractivity contribution in [2.24, 2.45) is 4.99 Å². The van der Waals surface area contributed by atoms with Crippen molar-refractivity contribution in [1.82, 2.24) is 4.72 Å². The van der Waals surface area contributed by atoms with Gasteiger partial charge in [-0.25, -0.2) is 8.42 Å². The van der Waals surface area contributed by atoms with Crippen LogP contribution < -0.4 is 14.8 Å². The molecule has 0 unspecified atom stereocenters. The van der Waals surface area contributed by atoms with Crippen LogP contribution in [-0.4, -0.2) is 33.3 Å². The van der Waals surface area contributed by atoms with Gasteiger partial charge in [-0.15, -0.1) is 0 Å². The second-order valence-electron chi connectivity index (χ2n) is 8.30. The minimum Gasteiger partial charge on any atom is -0.483 e. The maximum absolute atomic E-state index is 12.6. The molecule has 172 valence electrons. The molecule has 3 rings (SSSR count). The van der Waals surface area contributed by atoms with Gasteiger partial charge in [0.15, 0.2) is 6.61 Å². The van der Waals surface area contributed by atoms with Crippen molar-refractivity contribution in [2.75, 3.05) is 18.5 Å². The van der Waals surface area contributed by atoms with Crippen LogP contribution in [0.1, 0.15) is 56.6 Å². The maximum atomic E-state index is 12.6. The summed E-state index contributed by atoms with van der Waals surface area (Å²) in [6.07, 6.45) is 3.59. The van der Waals surface area contributed by atoms with E-state index in [1.54, 1.807) is 12.1 Å².